The van der Waals surface area contributed by atoms with Gasteiger partial charge in [-0.1, -0.05) is 13.0 Å². The van der Waals surface area contributed by atoms with Crippen molar-refractivity contribution in [1.82, 2.24) is 5.32 Å². The number of hydrogen-bond acceptors (Lipinski definition) is 5. The number of rotatable bonds is 8. The molecule has 1 aromatic carbocycles. The maximum absolute atomic E-state index is 5.60. The maximum Gasteiger partial charge on any atom is 0.231 e. The molecule has 1 unspecified atom stereocenters. The Morgan fingerprint density at radius 1 is 1.26 bits per heavy atom. The summed E-state index contributed by atoms with van der Waals surface area (Å²) in [6.07, 6.45) is 0. The molecule has 1 aromatic rings. The van der Waals surface area contributed by atoms with Gasteiger partial charge < -0.3 is 24.3 Å². The number of methoxy groups -OCH3 is 1. The number of hydrogen-bond donors (Lipinski definition) is 1. The van der Waals surface area contributed by atoms with E-state index in [0.29, 0.717) is 26.6 Å². The van der Waals surface area contributed by atoms with Crippen LogP contribution in [0.2, 0.25) is 0 Å². The largest absolute Gasteiger partial charge is 0.454 e. The fraction of sp³-hybridized carbons (Fsp3) is 0.571. The first-order valence-electron chi connectivity index (χ1n) is 6.54. The van der Waals surface area contributed by atoms with Crippen molar-refractivity contribution < 1.29 is 18.9 Å². The van der Waals surface area contributed by atoms with Gasteiger partial charge in [0.25, 0.3) is 0 Å². The summed E-state index contributed by atoms with van der Waals surface area (Å²) in [6.45, 7) is 5.08. The van der Waals surface area contributed by atoms with Gasteiger partial charge in [-0.05, 0) is 24.2 Å². The van der Waals surface area contributed by atoms with E-state index in [1.807, 2.05) is 18.2 Å². The molecule has 0 spiro atoms. The van der Waals surface area contributed by atoms with Crippen LogP contribution in [0.4, 0.5) is 0 Å². The Kier molecular flexibility index (Phi) is 5.44. The van der Waals surface area contributed by atoms with Gasteiger partial charge in [0.2, 0.25) is 6.79 Å². The van der Waals surface area contributed by atoms with E-state index in [1.54, 1.807) is 7.11 Å². The molecule has 0 bridgehead atoms. The van der Waals surface area contributed by atoms with Crippen LogP contribution in [-0.2, 0) is 9.47 Å². The molecule has 0 saturated heterocycles. The molecule has 5 heteroatoms. The third-order valence-electron chi connectivity index (χ3n) is 2.97. The highest BCUT2D eigenvalue weighted by Gasteiger charge is 2.17. The summed E-state index contributed by atoms with van der Waals surface area (Å²) in [5.74, 6) is 1.61. The summed E-state index contributed by atoms with van der Waals surface area (Å²) in [5.41, 5.74) is 1.14. The van der Waals surface area contributed by atoms with Crippen LogP contribution in [0, 0.1) is 0 Å². The lowest BCUT2D eigenvalue weighted by molar-refractivity contribution is 0.0588. The van der Waals surface area contributed by atoms with Crippen molar-refractivity contribution in [2.24, 2.45) is 0 Å². The zero-order chi connectivity index (χ0) is 13.5. The molecule has 19 heavy (non-hydrogen) atoms. The predicted molar refractivity (Wildman–Crippen MR) is 71.7 cm³/mol. The minimum atomic E-state index is 0.149. The van der Waals surface area contributed by atoms with Crippen LogP contribution in [0.15, 0.2) is 18.2 Å². The second-order valence-corrected chi connectivity index (χ2v) is 4.29. The molecule has 1 N–H and O–H groups in total. The minimum Gasteiger partial charge on any atom is -0.454 e. The van der Waals surface area contributed by atoms with Crippen molar-refractivity contribution in [1.29, 1.82) is 0 Å². The Labute approximate surface area is 113 Å². The Morgan fingerprint density at radius 2 is 2.11 bits per heavy atom. The van der Waals surface area contributed by atoms with Crippen molar-refractivity contribution in [3.63, 3.8) is 0 Å². The van der Waals surface area contributed by atoms with Gasteiger partial charge in [0.05, 0.1) is 25.9 Å². The van der Waals surface area contributed by atoms with Crippen LogP contribution in [0.5, 0.6) is 11.5 Å². The highest BCUT2D eigenvalue weighted by molar-refractivity contribution is 5.45. The van der Waals surface area contributed by atoms with Crippen LogP contribution >= 0.6 is 0 Å². The quantitative estimate of drug-likeness (QED) is 0.727. The second-order valence-electron chi connectivity index (χ2n) is 4.29. The minimum absolute atomic E-state index is 0.149. The molecule has 1 atom stereocenters. The van der Waals surface area contributed by atoms with Crippen LogP contribution in [0.25, 0.3) is 0 Å². The van der Waals surface area contributed by atoms with Crippen LogP contribution < -0.4 is 14.8 Å². The van der Waals surface area contributed by atoms with Crippen LogP contribution in [0.1, 0.15) is 18.5 Å². The summed E-state index contributed by atoms with van der Waals surface area (Å²) >= 11 is 0. The highest BCUT2D eigenvalue weighted by atomic mass is 16.7. The lowest BCUT2D eigenvalue weighted by Gasteiger charge is -2.18. The standard InChI is InChI=1S/C14H21NO4/c1-3-15-12(9-17-7-6-16-2)11-4-5-13-14(8-11)19-10-18-13/h4-5,8,12,15H,3,6-7,9-10H2,1-2H3. The smallest absolute Gasteiger partial charge is 0.231 e. The Bertz CT molecular complexity index is 397. The first-order chi connectivity index (χ1) is 9.35. The topological polar surface area (TPSA) is 49.0 Å². The molecule has 1 aliphatic heterocycles. The van der Waals surface area contributed by atoms with Gasteiger partial charge in [-0.2, -0.15) is 0 Å². The van der Waals surface area contributed by atoms with E-state index < -0.39 is 0 Å². The molecule has 5 nitrogen and oxygen atoms in total. The van der Waals surface area contributed by atoms with Gasteiger partial charge in [-0.15, -0.1) is 0 Å². The molecule has 0 radical (unpaired) electrons. The van der Waals surface area contributed by atoms with Crippen molar-refractivity contribution >= 4 is 0 Å². The average molecular weight is 267 g/mol. The van der Waals surface area contributed by atoms with Crippen LogP contribution in [0.3, 0.4) is 0 Å². The van der Waals surface area contributed by atoms with Gasteiger partial charge in [0.15, 0.2) is 11.5 Å². The maximum atomic E-state index is 5.60. The van der Waals surface area contributed by atoms with Crippen molar-refractivity contribution in [3.05, 3.63) is 23.8 Å². The summed E-state index contributed by atoms with van der Waals surface area (Å²) in [5, 5.41) is 3.40. The normalized spacial score (nSPS) is 14.6. The Balaban J connectivity index is 1.97. The van der Waals surface area contributed by atoms with E-state index in [2.05, 4.69) is 12.2 Å². The molecule has 1 heterocycles. The number of fused-ring (bicyclic) bond motifs is 1. The monoisotopic (exact) mass is 267 g/mol. The number of likely N-dealkylation sites (N-methyl/N-ethyl adjacent to an activating group) is 1. The Hall–Kier alpha value is -1.30. The van der Waals surface area contributed by atoms with Crippen molar-refractivity contribution in [2.75, 3.05) is 40.3 Å². The van der Waals surface area contributed by atoms with E-state index in [1.165, 1.54) is 0 Å². The molecule has 0 amide bonds. The molecule has 106 valence electrons. The van der Waals surface area contributed by atoms with E-state index in [-0.39, 0.29) is 6.04 Å². The van der Waals surface area contributed by atoms with E-state index in [0.717, 1.165) is 23.6 Å². The fourth-order valence-corrected chi connectivity index (χ4v) is 1.99. The van der Waals surface area contributed by atoms with Crippen LogP contribution in [-0.4, -0.2) is 40.3 Å². The van der Waals surface area contributed by atoms with Gasteiger partial charge >= 0.3 is 0 Å². The van der Waals surface area contributed by atoms with E-state index in [4.69, 9.17) is 18.9 Å². The first kappa shape index (κ1) is 14.1. The zero-order valence-corrected chi connectivity index (χ0v) is 11.5. The average Bonchev–Trinajstić information content (AvgIpc) is 2.89. The molecule has 0 saturated carbocycles. The van der Waals surface area contributed by atoms with E-state index >= 15 is 0 Å². The lowest BCUT2D eigenvalue weighted by atomic mass is 10.1. The zero-order valence-electron chi connectivity index (χ0n) is 11.5. The summed E-state index contributed by atoms with van der Waals surface area (Å²) in [6, 6.07) is 6.14. The first-order valence-corrected chi connectivity index (χ1v) is 6.54. The van der Waals surface area contributed by atoms with Gasteiger partial charge in [0, 0.05) is 7.11 Å². The number of benzene rings is 1. The third-order valence-corrected chi connectivity index (χ3v) is 2.97. The lowest BCUT2D eigenvalue weighted by Crippen LogP contribution is -2.26. The second kappa shape index (κ2) is 7.33. The van der Waals surface area contributed by atoms with Gasteiger partial charge in [0.1, 0.15) is 0 Å². The SMILES string of the molecule is CCNC(COCCOC)c1ccc2c(c1)OCO2. The summed E-state index contributed by atoms with van der Waals surface area (Å²) < 4.78 is 21.3. The summed E-state index contributed by atoms with van der Waals surface area (Å²) in [4.78, 5) is 0. The molecular formula is C14H21NO4. The number of nitrogens with one attached hydrogen (secondary N) is 1. The molecule has 0 aromatic heterocycles. The predicted octanol–water partition coefficient (Wildman–Crippen LogP) is 1.73. The third kappa shape index (κ3) is 3.83. The molecular weight excluding hydrogens is 246 g/mol. The van der Waals surface area contributed by atoms with Crippen molar-refractivity contribution in [3.8, 4) is 11.5 Å². The highest BCUT2D eigenvalue weighted by Crippen LogP contribution is 2.34. The fourth-order valence-electron chi connectivity index (χ4n) is 1.99. The molecule has 0 aliphatic carbocycles. The molecule has 0 fully saturated rings. The van der Waals surface area contributed by atoms with Gasteiger partial charge in [-0.3, -0.25) is 0 Å². The summed E-state index contributed by atoms with van der Waals surface area (Å²) in [7, 11) is 1.67. The number of ether oxygens (including phenoxy) is 4. The van der Waals surface area contributed by atoms with Gasteiger partial charge in [-0.25, -0.2) is 0 Å². The molecule has 2 rings (SSSR count). The van der Waals surface area contributed by atoms with E-state index in [9.17, 15) is 0 Å². The Morgan fingerprint density at radius 3 is 2.89 bits per heavy atom. The molecule has 1 aliphatic rings. The van der Waals surface area contributed by atoms with Crippen molar-refractivity contribution in [2.45, 2.75) is 13.0 Å².